The number of carbonyl (C=O) groups is 2. The van der Waals surface area contributed by atoms with E-state index in [1.54, 1.807) is 42.5 Å². The summed E-state index contributed by atoms with van der Waals surface area (Å²) in [7, 11) is 0. The zero-order chi connectivity index (χ0) is 21.0. The summed E-state index contributed by atoms with van der Waals surface area (Å²) in [5.74, 6) is -1.06. The van der Waals surface area contributed by atoms with Gasteiger partial charge in [-0.05, 0) is 56.7 Å². The first-order chi connectivity index (χ1) is 13.8. The number of aromatic nitrogens is 2. The number of amides is 1. The van der Waals surface area contributed by atoms with Crippen molar-refractivity contribution in [3.05, 3.63) is 64.1 Å². The molecule has 0 radical (unpaired) electrons. The Morgan fingerprint density at radius 1 is 1.00 bits per heavy atom. The maximum absolute atomic E-state index is 12.3. The van der Waals surface area contributed by atoms with Crippen molar-refractivity contribution in [1.29, 1.82) is 0 Å². The van der Waals surface area contributed by atoms with E-state index in [9.17, 15) is 14.4 Å². The number of H-pyrrole nitrogens is 2. The van der Waals surface area contributed by atoms with Crippen LogP contribution in [0.2, 0.25) is 0 Å². The minimum atomic E-state index is -0.993. The molecule has 0 aliphatic heterocycles. The smallest absolute Gasteiger partial charge is 0.338 e. The molecule has 0 fully saturated rings. The molecule has 0 saturated heterocycles. The summed E-state index contributed by atoms with van der Waals surface area (Å²) in [6.45, 7) is 5.86. The summed E-state index contributed by atoms with van der Waals surface area (Å²) in [4.78, 5) is 41.2. The highest BCUT2D eigenvalue weighted by Gasteiger charge is 2.19. The van der Waals surface area contributed by atoms with Gasteiger partial charge >= 0.3 is 11.7 Å². The number of aromatic amines is 2. The predicted octanol–water partition coefficient (Wildman–Crippen LogP) is 2.97. The standard InChI is InChI=1S/C21H23N3O5/c1-12(2)28-11-14-4-6-15(7-5-14)20(26)29-13(3)19(25)22-16-8-9-17-18(10-16)24-21(27)23-17/h4-10,12-13H,11H2,1-3H3,(H,22,25)(H2,23,24,27)/t13-/m1/s1. The van der Waals surface area contributed by atoms with Gasteiger partial charge in [-0.1, -0.05) is 12.1 Å². The molecule has 0 aliphatic carbocycles. The molecule has 0 unspecified atom stereocenters. The number of rotatable bonds is 7. The zero-order valence-electron chi connectivity index (χ0n) is 16.4. The lowest BCUT2D eigenvalue weighted by atomic mass is 10.1. The van der Waals surface area contributed by atoms with Gasteiger partial charge in [-0.15, -0.1) is 0 Å². The van der Waals surface area contributed by atoms with E-state index < -0.39 is 18.0 Å². The van der Waals surface area contributed by atoms with Gasteiger partial charge in [0.1, 0.15) is 0 Å². The lowest BCUT2D eigenvalue weighted by Gasteiger charge is -2.14. The molecule has 3 aromatic rings. The number of hydrogen-bond acceptors (Lipinski definition) is 5. The fourth-order valence-electron chi connectivity index (χ4n) is 2.64. The van der Waals surface area contributed by atoms with Crippen molar-refractivity contribution < 1.29 is 19.1 Å². The van der Waals surface area contributed by atoms with Gasteiger partial charge in [0.05, 0.1) is 29.3 Å². The first kappa shape index (κ1) is 20.3. The molecule has 0 bridgehead atoms. The molecule has 1 aromatic heterocycles. The number of imidazole rings is 1. The van der Waals surface area contributed by atoms with Gasteiger partial charge in [-0.3, -0.25) is 4.79 Å². The van der Waals surface area contributed by atoms with E-state index >= 15 is 0 Å². The van der Waals surface area contributed by atoms with Crippen LogP contribution >= 0.6 is 0 Å². The quantitative estimate of drug-likeness (QED) is 0.531. The normalized spacial score (nSPS) is 12.1. The molecule has 152 valence electrons. The van der Waals surface area contributed by atoms with E-state index in [2.05, 4.69) is 15.3 Å². The van der Waals surface area contributed by atoms with E-state index in [1.807, 2.05) is 13.8 Å². The number of benzene rings is 2. The van der Waals surface area contributed by atoms with E-state index in [1.165, 1.54) is 6.92 Å². The Balaban J connectivity index is 1.57. The SMILES string of the molecule is CC(C)OCc1ccc(C(=O)O[C@H](C)C(=O)Nc2ccc3[nH]c(=O)[nH]c3c2)cc1. The van der Waals surface area contributed by atoms with E-state index in [0.29, 0.717) is 28.9 Å². The monoisotopic (exact) mass is 397 g/mol. The number of ether oxygens (including phenoxy) is 2. The van der Waals surface area contributed by atoms with Crippen LogP contribution in [0.1, 0.15) is 36.7 Å². The molecular formula is C21H23N3O5. The van der Waals surface area contributed by atoms with Crippen LogP contribution in [0.15, 0.2) is 47.3 Å². The molecule has 3 N–H and O–H groups in total. The second-order valence-electron chi connectivity index (χ2n) is 6.93. The molecular weight excluding hydrogens is 374 g/mol. The van der Waals surface area contributed by atoms with Crippen LogP contribution in [0, 0.1) is 0 Å². The van der Waals surface area contributed by atoms with E-state index in [0.717, 1.165) is 5.56 Å². The van der Waals surface area contributed by atoms with Crippen molar-refractivity contribution >= 4 is 28.6 Å². The van der Waals surface area contributed by atoms with Gasteiger partial charge in [0, 0.05) is 5.69 Å². The van der Waals surface area contributed by atoms with Crippen LogP contribution in [0.4, 0.5) is 5.69 Å². The van der Waals surface area contributed by atoms with Crippen molar-refractivity contribution in [3.63, 3.8) is 0 Å². The van der Waals surface area contributed by atoms with Crippen LogP contribution in [-0.4, -0.2) is 34.1 Å². The molecule has 0 aliphatic rings. The Labute approximate surface area is 167 Å². The molecule has 2 aromatic carbocycles. The molecule has 1 amide bonds. The zero-order valence-corrected chi connectivity index (χ0v) is 16.4. The van der Waals surface area contributed by atoms with Crippen molar-refractivity contribution in [2.75, 3.05) is 5.32 Å². The average molecular weight is 397 g/mol. The minimum Gasteiger partial charge on any atom is -0.449 e. The first-order valence-corrected chi connectivity index (χ1v) is 9.26. The topological polar surface area (TPSA) is 113 Å². The molecule has 29 heavy (non-hydrogen) atoms. The number of carbonyl (C=O) groups excluding carboxylic acids is 2. The maximum atomic E-state index is 12.3. The summed E-state index contributed by atoms with van der Waals surface area (Å²) in [5.41, 5.74) is 2.65. The number of esters is 1. The number of hydrogen-bond donors (Lipinski definition) is 3. The van der Waals surface area contributed by atoms with Gasteiger partial charge in [-0.2, -0.15) is 0 Å². The predicted molar refractivity (Wildman–Crippen MR) is 109 cm³/mol. The Morgan fingerprint density at radius 3 is 2.38 bits per heavy atom. The highest BCUT2D eigenvalue weighted by Crippen LogP contribution is 2.15. The Morgan fingerprint density at radius 2 is 1.69 bits per heavy atom. The molecule has 0 spiro atoms. The van der Waals surface area contributed by atoms with Gasteiger partial charge in [0.15, 0.2) is 6.10 Å². The van der Waals surface area contributed by atoms with Crippen LogP contribution in [-0.2, 0) is 20.9 Å². The second-order valence-corrected chi connectivity index (χ2v) is 6.93. The summed E-state index contributed by atoms with van der Waals surface area (Å²) in [5, 5.41) is 2.67. The van der Waals surface area contributed by atoms with Crippen molar-refractivity contribution in [1.82, 2.24) is 9.97 Å². The fourth-order valence-corrected chi connectivity index (χ4v) is 2.64. The third kappa shape index (κ3) is 5.32. The second kappa shape index (κ2) is 8.74. The third-order valence-electron chi connectivity index (χ3n) is 4.21. The van der Waals surface area contributed by atoms with Crippen LogP contribution in [0.5, 0.6) is 0 Å². The molecule has 8 heteroatoms. The Hall–Kier alpha value is -3.39. The average Bonchev–Trinajstić information content (AvgIpc) is 3.05. The molecule has 0 saturated carbocycles. The summed E-state index contributed by atoms with van der Waals surface area (Å²) in [6, 6.07) is 11.8. The first-order valence-electron chi connectivity index (χ1n) is 9.26. The van der Waals surface area contributed by atoms with Crippen LogP contribution < -0.4 is 11.0 Å². The highest BCUT2D eigenvalue weighted by molar-refractivity contribution is 5.98. The third-order valence-corrected chi connectivity index (χ3v) is 4.21. The fraction of sp³-hybridized carbons (Fsp3) is 0.286. The lowest BCUT2D eigenvalue weighted by Crippen LogP contribution is -2.30. The van der Waals surface area contributed by atoms with Crippen molar-refractivity contribution in [2.24, 2.45) is 0 Å². The van der Waals surface area contributed by atoms with Crippen molar-refractivity contribution in [2.45, 2.75) is 39.6 Å². The number of nitrogens with one attached hydrogen (secondary N) is 3. The lowest BCUT2D eigenvalue weighted by molar-refractivity contribution is -0.123. The van der Waals surface area contributed by atoms with E-state index in [-0.39, 0.29) is 11.8 Å². The summed E-state index contributed by atoms with van der Waals surface area (Å²) < 4.78 is 10.8. The largest absolute Gasteiger partial charge is 0.449 e. The van der Waals surface area contributed by atoms with E-state index in [4.69, 9.17) is 9.47 Å². The molecule has 8 nitrogen and oxygen atoms in total. The van der Waals surface area contributed by atoms with Gasteiger partial charge < -0.3 is 24.8 Å². The molecule has 1 atom stereocenters. The van der Waals surface area contributed by atoms with Crippen LogP contribution in [0.25, 0.3) is 11.0 Å². The Bertz CT molecular complexity index is 1070. The van der Waals surface area contributed by atoms with Crippen LogP contribution in [0.3, 0.4) is 0 Å². The minimum absolute atomic E-state index is 0.122. The Kier molecular flexibility index (Phi) is 6.13. The number of anilines is 1. The number of fused-ring (bicyclic) bond motifs is 1. The van der Waals surface area contributed by atoms with Gasteiger partial charge in [-0.25, -0.2) is 9.59 Å². The van der Waals surface area contributed by atoms with Crippen molar-refractivity contribution in [3.8, 4) is 0 Å². The molecule has 1 heterocycles. The molecule has 3 rings (SSSR count). The highest BCUT2D eigenvalue weighted by atomic mass is 16.5. The maximum Gasteiger partial charge on any atom is 0.338 e. The van der Waals surface area contributed by atoms with Gasteiger partial charge in [0.25, 0.3) is 5.91 Å². The van der Waals surface area contributed by atoms with Gasteiger partial charge in [0.2, 0.25) is 0 Å². The summed E-state index contributed by atoms with van der Waals surface area (Å²) in [6.07, 6.45) is -0.871. The summed E-state index contributed by atoms with van der Waals surface area (Å²) >= 11 is 0.